The molecule has 152 valence electrons. The van der Waals surface area contributed by atoms with Crippen LogP contribution < -0.4 is 20.1 Å². The summed E-state index contributed by atoms with van der Waals surface area (Å²) in [5.41, 5.74) is 2.23. The number of nitrogens with zero attached hydrogens (tertiary/aromatic N) is 1. The van der Waals surface area contributed by atoms with Crippen molar-refractivity contribution in [1.29, 1.82) is 0 Å². The summed E-state index contributed by atoms with van der Waals surface area (Å²) in [5.74, 6) is 1.68. The molecule has 28 heavy (non-hydrogen) atoms. The fourth-order valence-corrected chi connectivity index (χ4v) is 2.72. The Hall–Kier alpha value is -2.80. The van der Waals surface area contributed by atoms with Gasteiger partial charge in [0.05, 0.1) is 27.4 Å². The average molecular weight is 389 g/mol. The van der Waals surface area contributed by atoms with Gasteiger partial charge in [0.1, 0.15) is 5.82 Å². The smallest absolute Gasteiger partial charge is 0.191 e. The van der Waals surface area contributed by atoms with Crippen LogP contribution in [0.4, 0.5) is 4.39 Å². The molecule has 0 bridgehead atoms. The summed E-state index contributed by atoms with van der Waals surface area (Å²) in [6.07, 6.45) is 0.788. The zero-order valence-electron chi connectivity index (χ0n) is 16.6. The zero-order valence-corrected chi connectivity index (χ0v) is 16.6. The molecule has 0 aliphatic heterocycles. The highest BCUT2D eigenvalue weighted by molar-refractivity contribution is 5.79. The monoisotopic (exact) mass is 389 g/mol. The lowest BCUT2D eigenvalue weighted by atomic mass is 10.1. The molecule has 0 amide bonds. The average Bonchev–Trinajstić information content (AvgIpc) is 2.72. The maximum atomic E-state index is 13.5. The lowest BCUT2D eigenvalue weighted by Crippen LogP contribution is -2.38. The Morgan fingerprint density at radius 2 is 1.79 bits per heavy atom. The van der Waals surface area contributed by atoms with E-state index in [0.29, 0.717) is 30.5 Å². The first-order valence-electron chi connectivity index (χ1n) is 9.22. The minimum absolute atomic E-state index is 0.277. The molecule has 0 spiro atoms. The van der Waals surface area contributed by atoms with Gasteiger partial charge in [-0.05, 0) is 48.7 Å². The van der Waals surface area contributed by atoms with Crippen molar-refractivity contribution in [2.75, 3.05) is 27.3 Å². The lowest BCUT2D eigenvalue weighted by Gasteiger charge is -2.13. The van der Waals surface area contributed by atoms with Crippen LogP contribution in [-0.4, -0.2) is 38.4 Å². The molecule has 7 heteroatoms. The Balaban J connectivity index is 1.96. The van der Waals surface area contributed by atoms with Crippen LogP contribution in [0.2, 0.25) is 0 Å². The predicted octanol–water partition coefficient (Wildman–Crippen LogP) is 2.63. The Labute approximate surface area is 165 Å². The third-order valence-corrected chi connectivity index (χ3v) is 4.20. The molecule has 0 saturated carbocycles. The number of ether oxygens (including phenoxy) is 2. The number of aliphatic hydroxyl groups excluding tert-OH is 1. The number of benzene rings is 2. The summed E-state index contributed by atoms with van der Waals surface area (Å²) in [6.45, 7) is 3.47. The van der Waals surface area contributed by atoms with Crippen LogP contribution in [0.1, 0.15) is 23.6 Å². The molecule has 2 rings (SSSR count). The Bertz CT molecular complexity index is 796. The van der Waals surface area contributed by atoms with Gasteiger partial charge in [-0.1, -0.05) is 12.1 Å². The van der Waals surface area contributed by atoms with Crippen molar-refractivity contribution in [2.45, 2.75) is 26.5 Å². The van der Waals surface area contributed by atoms with Crippen molar-refractivity contribution in [3.05, 3.63) is 58.9 Å². The molecule has 0 saturated heterocycles. The van der Waals surface area contributed by atoms with E-state index in [1.54, 1.807) is 26.4 Å². The number of rotatable bonds is 9. The second-order valence-electron chi connectivity index (χ2n) is 6.15. The number of aliphatic imine (C=N–C) groups is 1. The molecule has 0 aromatic heterocycles. The van der Waals surface area contributed by atoms with E-state index in [1.165, 1.54) is 6.07 Å². The number of hydrogen-bond acceptors (Lipinski definition) is 4. The first-order chi connectivity index (χ1) is 13.6. The summed E-state index contributed by atoms with van der Waals surface area (Å²) < 4.78 is 24.1. The molecule has 0 atom stereocenters. The van der Waals surface area contributed by atoms with Crippen molar-refractivity contribution in [3.8, 4) is 11.5 Å². The van der Waals surface area contributed by atoms with Crippen LogP contribution in [0.5, 0.6) is 11.5 Å². The van der Waals surface area contributed by atoms with Gasteiger partial charge in [-0.3, -0.25) is 0 Å². The molecule has 2 aromatic carbocycles. The summed E-state index contributed by atoms with van der Waals surface area (Å²) in [4.78, 5) is 4.53. The number of methoxy groups -OCH3 is 2. The SMILES string of the molecule is CCNC(=NCc1ccc(F)c(CO)c1)NCCc1ccc(OC)c(OC)c1. The van der Waals surface area contributed by atoms with Crippen molar-refractivity contribution in [2.24, 2.45) is 4.99 Å². The predicted molar refractivity (Wildman–Crippen MR) is 108 cm³/mol. The van der Waals surface area contributed by atoms with E-state index < -0.39 is 5.82 Å². The van der Waals surface area contributed by atoms with Crippen LogP contribution in [0, 0.1) is 5.82 Å². The quantitative estimate of drug-likeness (QED) is 0.454. The topological polar surface area (TPSA) is 75.1 Å². The lowest BCUT2D eigenvalue weighted by molar-refractivity contribution is 0.275. The number of guanidine groups is 1. The second-order valence-corrected chi connectivity index (χ2v) is 6.15. The fraction of sp³-hybridized carbons (Fsp3) is 0.381. The first kappa shape index (κ1) is 21.5. The molecule has 0 heterocycles. The van der Waals surface area contributed by atoms with Gasteiger partial charge >= 0.3 is 0 Å². The van der Waals surface area contributed by atoms with E-state index in [2.05, 4.69) is 15.6 Å². The van der Waals surface area contributed by atoms with E-state index in [1.807, 2.05) is 25.1 Å². The number of hydrogen-bond donors (Lipinski definition) is 3. The molecular weight excluding hydrogens is 361 g/mol. The van der Waals surface area contributed by atoms with Crippen molar-refractivity contribution < 1.29 is 19.0 Å². The summed E-state index contributed by atoms with van der Waals surface area (Å²) >= 11 is 0. The van der Waals surface area contributed by atoms with E-state index in [-0.39, 0.29) is 12.2 Å². The number of halogens is 1. The van der Waals surface area contributed by atoms with Gasteiger partial charge in [-0.15, -0.1) is 0 Å². The molecule has 0 aliphatic rings. The van der Waals surface area contributed by atoms with Gasteiger partial charge in [-0.25, -0.2) is 9.38 Å². The van der Waals surface area contributed by atoms with E-state index in [0.717, 1.165) is 24.1 Å². The van der Waals surface area contributed by atoms with Gasteiger partial charge in [0.25, 0.3) is 0 Å². The maximum Gasteiger partial charge on any atom is 0.191 e. The summed E-state index contributed by atoms with van der Waals surface area (Å²) in [6, 6.07) is 10.5. The van der Waals surface area contributed by atoms with Crippen molar-refractivity contribution in [3.63, 3.8) is 0 Å². The van der Waals surface area contributed by atoms with E-state index in [9.17, 15) is 9.50 Å². The van der Waals surface area contributed by atoms with Crippen molar-refractivity contribution in [1.82, 2.24) is 10.6 Å². The van der Waals surface area contributed by atoms with Gasteiger partial charge in [0, 0.05) is 18.7 Å². The Morgan fingerprint density at radius 3 is 2.46 bits per heavy atom. The van der Waals surface area contributed by atoms with Crippen LogP contribution in [0.15, 0.2) is 41.4 Å². The van der Waals surface area contributed by atoms with Gasteiger partial charge in [-0.2, -0.15) is 0 Å². The summed E-state index contributed by atoms with van der Waals surface area (Å²) in [7, 11) is 3.23. The van der Waals surface area contributed by atoms with Gasteiger partial charge in [0.2, 0.25) is 0 Å². The van der Waals surface area contributed by atoms with Gasteiger partial charge in [0.15, 0.2) is 17.5 Å². The third kappa shape index (κ3) is 6.13. The normalized spacial score (nSPS) is 11.2. The molecule has 2 aromatic rings. The molecule has 3 N–H and O–H groups in total. The Morgan fingerprint density at radius 1 is 1.04 bits per heavy atom. The molecular formula is C21H28FN3O3. The summed E-state index contributed by atoms with van der Waals surface area (Å²) in [5, 5.41) is 15.7. The minimum atomic E-state index is -0.407. The highest BCUT2D eigenvalue weighted by atomic mass is 19.1. The second kappa shape index (κ2) is 11.1. The maximum absolute atomic E-state index is 13.5. The standard InChI is InChI=1S/C21H28FN3O3/c1-4-23-21(25-13-16-5-7-18(22)17(11-16)14-26)24-10-9-15-6-8-19(27-2)20(12-15)28-3/h5-8,11-12,26H,4,9-10,13-14H2,1-3H3,(H2,23,24,25). The van der Waals surface area contributed by atoms with E-state index in [4.69, 9.17) is 9.47 Å². The molecule has 6 nitrogen and oxygen atoms in total. The highest BCUT2D eigenvalue weighted by Crippen LogP contribution is 2.27. The minimum Gasteiger partial charge on any atom is -0.493 e. The van der Waals surface area contributed by atoms with Crippen LogP contribution >= 0.6 is 0 Å². The molecule has 0 unspecified atom stereocenters. The highest BCUT2D eigenvalue weighted by Gasteiger charge is 2.06. The largest absolute Gasteiger partial charge is 0.493 e. The first-order valence-corrected chi connectivity index (χ1v) is 9.22. The molecule has 0 fully saturated rings. The van der Waals surface area contributed by atoms with Crippen LogP contribution in [-0.2, 0) is 19.6 Å². The molecule has 0 radical (unpaired) electrons. The van der Waals surface area contributed by atoms with E-state index >= 15 is 0 Å². The zero-order chi connectivity index (χ0) is 20.4. The number of aliphatic hydroxyl groups is 1. The van der Waals surface area contributed by atoms with Gasteiger partial charge < -0.3 is 25.2 Å². The van der Waals surface area contributed by atoms with Crippen molar-refractivity contribution >= 4 is 5.96 Å². The van der Waals surface area contributed by atoms with Crippen LogP contribution in [0.25, 0.3) is 0 Å². The molecule has 0 aliphatic carbocycles. The Kier molecular flexibility index (Phi) is 8.55. The fourth-order valence-electron chi connectivity index (χ4n) is 2.72. The third-order valence-electron chi connectivity index (χ3n) is 4.20. The number of nitrogens with one attached hydrogen (secondary N) is 2. The van der Waals surface area contributed by atoms with Crippen LogP contribution in [0.3, 0.4) is 0 Å².